The molecule has 0 saturated heterocycles. The summed E-state index contributed by atoms with van der Waals surface area (Å²) in [5, 5.41) is 6.67. The predicted octanol–water partition coefficient (Wildman–Crippen LogP) is 3.47. The van der Waals surface area contributed by atoms with E-state index in [4.69, 9.17) is 21.1 Å². The molecule has 0 aromatic carbocycles. The first kappa shape index (κ1) is 19.5. The number of hydrogen-bond donors (Lipinski definition) is 2. The lowest BCUT2D eigenvalue weighted by Gasteiger charge is -2.21. The highest BCUT2D eigenvalue weighted by Gasteiger charge is 2.16. The van der Waals surface area contributed by atoms with Gasteiger partial charge in [0.1, 0.15) is 5.60 Å². The van der Waals surface area contributed by atoms with Gasteiger partial charge in [0.25, 0.3) is 0 Å². The van der Waals surface area contributed by atoms with Gasteiger partial charge in [-0.2, -0.15) is 0 Å². The Morgan fingerprint density at radius 2 is 2.17 bits per heavy atom. The second-order valence-corrected chi connectivity index (χ2v) is 6.63. The maximum absolute atomic E-state index is 11.6. The number of amides is 1. The van der Waals surface area contributed by atoms with Crippen LogP contribution in [-0.2, 0) is 9.47 Å². The van der Waals surface area contributed by atoms with E-state index in [1.807, 2.05) is 20.8 Å². The van der Waals surface area contributed by atoms with Crippen molar-refractivity contribution in [3.05, 3.63) is 23.5 Å². The highest BCUT2D eigenvalue weighted by atomic mass is 35.5. The molecule has 0 radical (unpaired) electrons. The molecule has 1 rings (SSSR count). The number of rotatable bonds is 8. The molecular formula is C16H26ClN3O3. The van der Waals surface area contributed by atoms with E-state index in [0.717, 1.165) is 18.5 Å². The van der Waals surface area contributed by atoms with Gasteiger partial charge in [0.15, 0.2) is 0 Å². The number of nitrogens with one attached hydrogen (secondary N) is 2. The summed E-state index contributed by atoms with van der Waals surface area (Å²) in [6.45, 7) is 6.59. The fraction of sp³-hybridized carbons (Fsp3) is 0.625. The smallest absolute Gasteiger partial charge is 0.407 e. The minimum absolute atomic E-state index is 0.0853. The highest BCUT2D eigenvalue weighted by molar-refractivity contribution is 6.33. The van der Waals surface area contributed by atoms with Crippen molar-refractivity contribution in [2.45, 2.75) is 45.3 Å². The van der Waals surface area contributed by atoms with Crippen molar-refractivity contribution >= 4 is 23.4 Å². The first-order chi connectivity index (χ1) is 10.8. The number of carbonyl (C=O) groups excluding carboxylic acids is 1. The quantitative estimate of drug-likeness (QED) is 0.707. The Morgan fingerprint density at radius 3 is 2.78 bits per heavy atom. The Labute approximate surface area is 142 Å². The number of halogens is 1. The molecule has 1 heterocycles. The lowest BCUT2D eigenvalue weighted by atomic mass is 10.1. The van der Waals surface area contributed by atoms with Gasteiger partial charge in [-0.05, 0) is 39.7 Å². The van der Waals surface area contributed by atoms with Gasteiger partial charge in [0.05, 0.1) is 23.5 Å². The summed E-state index contributed by atoms with van der Waals surface area (Å²) in [7, 11) is 1.65. The first-order valence-corrected chi connectivity index (χ1v) is 8.01. The van der Waals surface area contributed by atoms with Gasteiger partial charge < -0.3 is 20.1 Å². The number of methoxy groups -OCH3 is 1. The van der Waals surface area contributed by atoms with Crippen LogP contribution < -0.4 is 10.6 Å². The topological polar surface area (TPSA) is 72.5 Å². The molecule has 0 aliphatic heterocycles. The summed E-state index contributed by atoms with van der Waals surface area (Å²) in [5.41, 5.74) is 0.290. The summed E-state index contributed by atoms with van der Waals surface area (Å²) >= 11 is 6.12. The van der Waals surface area contributed by atoms with E-state index in [0.29, 0.717) is 18.2 Å². The van der Waals surface area contributed by atoms with Crippen molar-refractivity contribution in [3.8, 4) is 0 Å². The lowest BCUT2D eigenvalue weighted by molar-refractivity contribution is 0.0526. The summed E-state index contributed by atoms with van der Waals surface area (Å²) in [4.78, 5) is 15.6. The molecule has 130 valence electrons. The van der Waals surface area contributed by atoms with E-state index in [9.17, 15) is 4.79 Å². The van der Waals surface area contributed by atoms with Crippen LogP contribution in [0.25, 0.3) is 0 Å². The molecule has 7 heteroatoms. The molecule has 0 aliphatic rings. The summed E-state index contributed by atoms with van der Waals surface area (Å²) in [6, 6.07) is 1.82. The van der Waals surface area contributed by atoms with E-state index in [1.54, 1.807) is 25.6 Å². The average Bonchev–Trinajstić information content (AvgIpc) is 2.44. The zero-order valence-corrected chi connectivity index (χ0v) is 14.9. The van der Waals surface area contributed by atoms with Crippen LogP contribution in [0, 0.1) is 0 Å². The number of ether oxygens (including phenoxy) is 2. The number of alkyl carbamates (subject to hydrolysis) is 1. The van der Waals surface area contributed by atoms with Crippen molar-refractivity contribution in [3.63, 3.8) is 0 Å². The van der Waals surface area contributed by atoms with Gasteiger partial charge >= 0.3 is 6.09 Å². The third kappa shape index (κ3) is 8.62. The third-order valence-corrected chi connectivity index (χ3v) is 3.22. The van der Waals surface area contributed by atoms with E-state index in [-0.39, 0.29) is 6.04 Å². The molecule has 1 aromatic rings. The summed E-state index contributed by atoms with van der Waals surface area (Å²) < 4.78 is 10.4. The third-order valence-electron chi connectivity index (χ3n) is 2.89. The van der Waals surface area contributed by atoms with Crippen LogP contribution in [0.3, 0.4) is 0 Å². The number of pyridine rings is 1. The second-order valence-electron chi connectivity index (χ2n) is 6.22. The van der Waals surface area contributed by atoms with Crippen LogP contribution in [0.5, 0.6) is 0 Å². The Kier molecular flexibility index (Phi) is 8.12. The first-order valence-electron chi connectivity index (χ1n) is 7.63. The van der Waals surface area contributed by atoms with Crippen LogP contribution in [0.4, 0.5) is 10.5 Å². The fourth-order valence-electron chi connectivity index (χ4n) is 1.96. The molecule has 0 bridgehead atoms. The Balaban J connectivity index is 2.36. The van der Waals surface area contributed by atoms with Gasteiger partial charge in [-0.25, -0.2) is 4.79 Å². The average molecular weight is 344 g/mol. The highest BCUT2D eigenvalue weighted by Crippen LogP contribution is 2.21. The van der Waals surface area contributed by atoms with Crippen molar-refractivity contribution < 1.29 is 14.3 Å². The normalized spacial score (nSPS) is 12.6. The molecular weight excluding hydrogens is 318 g/mol. The molecule has 6 nitrogen and oxygen atoms in total. The van der Waals surface area contributed by atoms with Gasteiger partial charge in [-0.1, -0.05) is 11.6 Å². The number of aromatic nitrogens is 1. The molecule has 1 atom stereocenters. The van der Waals surface area contributed by atoms with Gasteiger partial charge in [-0.3, -0.25) is 4.98 Å². The summed E-state index contributed by atoms with van der Waals surface area (Å²) in [6.07, 6.45) is 4.53. The zero-order valence-electron chi connectivity index (χ0n) is 14.2. The van der Waals surface area contributed by atoms with Crippen LogP contribution in [0.15, 0.2) is 18.5 Å². The largest absolute Gasteiger partial charge is 0.444 e. The molecule has 0 saturated carbocycles. The van der Waals surface area contributed by atoms with Crippen LogP contribution in [-0.4, -0.2) is 43.0 Å². The minimum Gasteiger partial charge on any atom is -0.444 e. The van der Waals surface area contributed by atoms with Crippen molar-refractivity contribution in [2.24, 2.45) is 0 Å². The molecule has 23 heavy (non-hydrogen) atoms. The van der Waals surface area contributed by atoms with Gasteiger partial charge in [0.2, 0.25) is 0 Å². The second kappa shape index (κ2) is 9.57. The molecule has 1 aromatic heterocycles. The SMILES string of the molecule is COCC(CCCNC(=O)OC(C)(C)C)Nc1cnccc1Cl. The zero-order chi connectivity index (χ0) is 17.3. The van der Waals surface area contributed by atoms with E-state index < -0.39 is 11.7 Å². The number of hydrogen-bond acceptors (Lipinski definition) is 5. The number of nitrogens with zero attached hydrogens (tertiary/aromatic N) is 1. The minimum atomic E-state index is -0.485. The van der Waals surface area contributed by atoms with Crippen LogP contribution in [0.2, 0.25) is 5.02 Å². The monoisotopic (exact) mass is 343 g/mol. The van der Waals surface area contributed by atoms with Crippen molar-refractivity contribution in [1.82, 2.24) is 10.3 Å². The number of carbonyl (C=O) groups is 1. The molecule has 0 aliphatic carbocycles. The van der Waals surface area contributed by atoms with Gasteiger partial charge in [0, 0.05) is 25.9 Å². The molecule has 0 spiro atoms. The van der Waals surface area contributed by atoms with Crippen LogP contribution in [0.1, 0.15) is 33.6 Å². The Bertz CT molecular complexity index is 492. The van der Waals surface area contributed by atoms with E-state index in [2.05, 4.69) is 15.6 Å². The fourth-order valence-corrected chi connectivity index (χ4v) is 2.11. The Hall–Kier alpha value is -1.53. The standard InChI is InChI=1S/C16H26ClN3O3/c1-16(2,3)23-15(21)19-8-5-6-12(11-22-4)20-14-10-18-9-7-13(14)17/h7,9-10,12,20H,5-6,8,11H2,1-4H3,(H,19,21). The lowest BCUT2D eigenvalue weighted by Crippen LogP contribution is -2.34. The predicted molar refractivity (Wildman–Crippen MR) is 92.0 cm³/mol. The van der Waals surface area contributed by atoms with Crippen molar-refractivity contribution in [2.75, 3.05) is 25.6 Å². The van der Waals surface area contributed by atoms with E-state index >= 15 is 0 Å². The van der Waals surface area contributed by atoms with E-state index in [1.165, 1.54) is 0 Å². The van der Waals surface area contributed by atoms with Crippen molar-refractivity contribution in [1.29, 1.82) is 0 Å². The van der Waals surface area contributed by atoms with Gasteiger partial charge in [-0.15, -0.1) is 0 Å². The molecule has 1 amide bonds. The molecule has 0 fully saturated rings. The maximum Gasteiger partial charge on any atom is 0.407 e. The molecule has 1 unspecified atom stereocenters. The molecule has 2 N–H and O–H groups in total. The Morgan fingerprint density at radius 1 is 1.43 bits per heavy atom. The number of anilines is 1. The summed E-state index contributed by atoms with van der Waals surface area (Å²) in [5.74, 6) is 0. The maximum atomic E-state index is 11.6. The van der Waals surface area contributed by atoms with Crippen LogP contribution >= 0.6 is 11.6 Å².